The number of nitrogens with zero attached hydrogens (tertiary/aromatic N) is 4. The molecule has 8 heteroatoms. The molecule has 7 nitrogen and oxygen atoms in total. The molecule has 2 heterocycles. The molecule has 1 fully saturated rings. The number of hydrogen-bond acceptors (Lipinski definition) is 6. The fourth-order valence-electron chi connectivity index (χ4n) is 3.34. The van der Waals surface area contributed by atoms with Gasteiger partial charge in [-0.1, -0.05) is 30.3 Å². The minimum absolute atomic E-state index is 0.221. The molecular weight excluding hydrogens is 386 g/mol. The van der Waals surface area contributed by atoms with Gasteiger partial charge < -0.3 is 9.80 Å². The first-order valence-electron chi connectivity index (χ1n) is 9.48. The standard InChI is InChI=1S/C21H23N5O2S/c1-17-6-5-9-20(14-17)29(27,28)24-18-15-22-21(23-16-18)26-12-10-25(11-13-26)19-7-3-2-4-8-19/h2-9,14-16,24H,10-13H2,1H3. The largest absolute Gasteiger partial charge is 0.368 e. The molecule has 150 valence electrons. The molecule has 0 amide bonds. The van der Waals surface area contributed by atoms with Crippen molar-refractivity contribution in [2.45, 2.75) is 11.8 Å². The van der Waals surface area contributed by atoms with Crippen LogP contribution >= 0.6 is 0 Å². The molecule has 2 aromatic carbocycles. The number of hydrogen-bond donors (Lipinski definition) is 1. The van der Waals surface area contributed by atoms with E-state index < -0.39 is 10.0 Å². The molecule has 0 radical (unpaired) electrons. The third-order valence-corrected chi connectivity index (χ3v) is 6.25. The summed E-state index contributed by atoms with van der Waals surface area (Å²) in [5.41, 5.74) is 2.45. The Balaban J connectivity index is 1.40. The number of aromatic nitrogens is 2. The first kappa shape index (κ1) is 19.2. The summed E-state index contributed by atoms with van der Waals surface area (Å²) < 4.78 is 27.6. The van der Waals surface area contributed by atoms with Gasteiger partial charge in [-0.2, -0.15) is 0 Å². The second kappa shape index (κ2) is 8.08. The molecule has 1 aliphatic heterocycles. The Morgan fingerprint density at radius 1 is 0.862 bits per heavy atom. The van der Waals surface area contributed by atoms with Gasteiger partial charge in [0.05, 0.1) is 23.0 Å². The molecule has 4 rings (SSSR count). The summed E-state index contributed by atoms with van der Waals surface area (Å²) in [6, 6.07) is 17.1. The lowest BCUT2D eigenvalue weighted by molar-refractivity contribution is 0.601. The number of aryl methyl sites for hydroxylation is 1. The van der Waals surface area contributed by atoms with Crippen LogP contribution in [0.5, 0.6) is 0 Å². The van der Waals surface area contributed by atoms with Crippen LogP contribution in [0.25, 0.3) is 0 Å². The predicted octanol–water partition coefficient (Wildman–Crippen LogP) is 2.91. The molecule has 1 aromatic heterocycles. The highest BCUT2D eigenvalue weighted by Crippen LogP contribution is 2.20. The van der Waals surface area contributed by atoms with E-state index in [0.717, 1.165) is 31.7 Å². The Morgan fingerprint density at radius 2 is 1.52 bits per heavy atom. The summed E-state index contributed by atoms with van der Waals surface area (Å²) in [5.74, 6) is 0.608. The minimum atomic E-state index is -3.66. The van der Waals surface area contributed by atoms with Gasteiger partial charge in [0.2, 0.25) is 5.95 Å². The lowest BCUT2D eigenvalue weighted by Crippen LogP contribution is -2.47. The van der Waals surface area contributed by atoms with Crippen molar-refractivity contribution >= 4 is 27.3 Å². The van der Waals surface area contributed by atoms with Crippen molar-refractivity contribution in [1.29, 1.82) is 0 Å². The van der Waals surface area contributed by atoms with E-state index in [1.807, 2.05) is 31.2 Å². The van der Waals surface area contributed by atoms with E-state index in [-0.39, 0.29) is 4.90 Å². The van der Waals surface area contributed by atoms with Crippen molar-refractivity contribution in [2.75, 3.05) is 40.7 Å². The van der Waals surface area contributed by atoms with Crippen LogP contribution < -0.4 is 14.5 Å². The van der Waals surface area contributed by atoms with Gasteiger partial charge >= 0.3 is 0 Å². The third-order valence-electron chi connectivity index (χ3n) is 4.87. The molecule has 1 aliphatic rings. The molecule has 29 heavy (non-hydrogen) atoms. The fourth-order valence-corrected chi connectivity index (χ4v) is 4.47. The van der Waals surface area contributed by atoms with Crippen LogP contribution in [0.3, 0.4) is 0 Å². The Bertz CT molecular complexity index is 1060. The summed E-state index contributed by atoms with van der Waals surface area (Å²) in [6.07, 6.45) is 3.03. The molecule has 0 spiro atoms. The van der Waals surface area contributed by atoms with E-state index in [2.05, 4.69) is 36.6 Å². The number of anilines is 3. The van der Waals surface area contributed by atoms with E-state index in [4.69, 9.17) is 0 Å². The smallest absolute Gasteiger partial charge is 0.262 e. The monoisotopic (exact) mass is 409 g/mol. The van der Waals surface area contributed by atoms with Gasteiger partial charge in [0, 0.05) is 31.9 Å². The van der Waals surface area contributed by atoms with Gasteiger partial charge in [-0.3, -0.25) is 4.72 Å². The first-order valence-corrected chi connectivity index (χ1v) is 11.0. The van der Waals surface area contributed by atoms with Crippen molar-refractivity contribution in [3.8, 4) is 0 Å². The van der Waals surface area contributed by atoms with E-state index in [1.165, 1.54) is 18.1 Å². The van der Waals surface area contributed by atoms with Crippen LogP contribution in [0.4, 0.5) is 17.3 Å². The van der Waals surface area contributed by atoms with E-state index in [1.54, 1.807) is 18.2 Å². The van der Waals surface area contributed by atoms with E-state index in [9.17, 15) is 8.42 Å². The predicted molar refractivity (Wildman–Crippen MR) is 115 cm³/mol. The molecule has 3 aromatic rings. The number of nitrogens with one attached hydrogen (secondary N) is 1. The van der Waals surface area contributed by atoms with Crippen molar-refractivity contribution < 1.29 is 8.42 Å². The van der Waals surface area contributed by atoms with Crippen LogP contribution in [-0.2, 0) is 10.0 Å². The number of piperazine rings is 1. The van der Waals surface area contributed by atoms with E-state index in [0.29, 0.717) is 11.6 Å². The second-order valence-corrected chi connectivity index (χ2v) is 8.69. The molecule has 0 aliphatic carbocycles. The summed E-state index contributed by atoms with van der Waals surface area (Å²) in [4.78, 5) is 13.4. The zero-order chi connectivity index (χ0) is 20.3. The average Bonchev–Trinajstić information content (AvgIpc) is 2.75. The lowest BCUT2D eigenvalue weighted by atomic mass is 10.2. The normalized spacial score (nSPS) is 14.7. The molecular formula is C21H23N5O2S. The van der Waals surface area contributed by atoms with Crippen molar-refractivity contribution in [3.63, 3.8) is 0 Å². The summed E-state index contributed by atoms with van der Waals surface area (Å²) in [5, 5.41) is 0. The highest BCUT2D eigenvalue weighted by atomic mass is 32.2. The zero-order valence-electron chi connectivity index (χ0n) is 16.2. The third kappa shape index (κ3) is 4.48. The Labute approximate surface area is 171 Å². The van der Waals surface area contributed by atoms with Gasteiger partial charge in [-0.15, -0.1) is 0 Å². The van der Waals surface area contributed by atoms with Gasteiger partial charge in [-0.25, -0.2) is 18.4 Å². The number of para-hydroxylation sites is 1. The molecule has 1 saturated heterocycles. The van der Waals surface area contributed by atoms with Crippen molar-refractivity contribution in [3.05, 3.63) is 72.6 Å². The average molecular weight is 410 g/mol. The highest BCUT2D eigenvalue weighted by Gasteiger charge is 2.20. The van der Waals surface area contributed by atoms with Crippen LogP contribution in [-0.4, -0.2) is 44.6 Å². The molecule has 0 bridgehead atoms. The van der Waals surface area contributed by atoms with E-state index >= 15 is 0 Å². The highest BCUT2D eigenvalue weighted by molar-refractivity contribution is 7.92. The summed E-state index contributed by atoms with van der Waals surface area (Å²) in [7, 11) is -3.66. The topological polar surface area (TPSA) is 78.4 Å². The van der Waals surface area contributed by atoms with Crippen molar-refractivity contribution in [1.82, 2.24) is 9.97 Å². The molecule has 0 saturated carbocycles. The quantitative estimate of drug-likeness (QED) is 0.698. The Morgan fingerprint density at radius 3 is 2.17 bits per heavy atom. The SMILES string of the molecule is Cc1cccc(S(=O)(=O)Nc2cnc(N3CCN(c4ccccc4)CC3)nc2)c1. The molecule has 0 atom stereocenters. The van der Waals surface area contributed by atoms with Crippen LogP contribution in [0.2, 0.25) is 0 Å². The van der Waals surface area contributed by atoms with Gasteiger partial charge in [0.15, 0.2) is 0 Å². The number of benzene rings is 2. The zero-order valence-corrected chi connectivity index (χ0v) is 17.0. The Kier molecular flexibility index (Phi) is 5.35. The minimum Gasteiger partial charge on any atom is -0.368 e. The lowest BCUT2D eigenvalue weighted by Gasteiger charge is -2.36. The molecule has 1 N–H and O–H groups in total. The second-order valence-electron chi connectivity index (χ2n) is 7.00. The van der Waals surface area contributed by atoms with Crippen molar-refractivity contribution in [2.24, 2.45) is 0 Å². The van der Waals surface area contributed by atoms with Crippen LogP contribution in [0.15, 0.2) is 71.9 Å². The Hall–Kier alpha value is -3.13. The summed E-state index contributed by atoms with van der Waals surface area (Å²) >= 11 is 0. The first-order chi connectivity index (χ1) is 14.0. The maximum absolute atomic E-state index is 12.5. The van der Waals surface area contributed by atoms with Gasteiger partial charge in [0.25, 0.3) is 10.0 Å². The maximum atomic E-state index is 12.5. The van der Waals surface area contributed by atoms with Crippen LogP contribution in [0.1, 0.15) is 5.56 Å². The molecule has 0 unspecified atom stereocenters. The van der Waals surface area contributed by atoms with Gasteiger partial charge in [0.1, 0.15) is 0 Å². The van der Waals surface area contributed by atoms with Gasteiger partial charge in [-0.05, 0) is 36.8 Å². The number of sulfonamides is 1. The summed E-state index contributed by atoms with van der Waals surface area (Å²) in [6.45, 7) is 5.24. The maximum Gasteiger partial charge on any atom is 0.262 e. The van der Waals surface area contributed by atoms with Crippen LogP contribution in [0, 0.1) is 6.92 Å². The number of rotatable bonds is 5. The fraction of sp³-hybridized carbons (Fsp3) is 0.238.